The number of carboxylic acids is 1. The van der Waals surface area contributed by atoms with E-state index in [2.05, 4.69) is 0 Å². The van der Waals surface area contributed by atoms with Crippen molar-refractivity contribution >= 4 is 29.3 Å². The molecule has 2 rings (SSSR count). The van der Waals surface area contributed by atoms with Crippen molar-refractivity contribution in [2.24, 2.45) is 0 Å². The molecule has 22 heavy (non-hydrogen) atoms. The van der Waals surface area contributed by atoms with E-state index in [4.69, 9.17) is 0 Å². The number of benzene rings is 2. The van der Waals surface area contributed by atoms with Crippen LogP contribution in [0, 0.1) is 0 Å². The van der Waals surface area contributed by atoms with Crippen molar-refractivity contribution in [3.63, 3.8) is 0 Å². The molecule has 0 spiro atoms. The molecule has 4 nitrogen and oxygen atoms in total. The number of rotatable bonds is 5. The minimum Gasteiger partial charge on any atom is -0.478 e. The predicted octanol–water partition coefficient (Wildman–Crippen LogP) is 3.53. The maximum absolute atomic E-state index is 12.5. The van der Waals surface area contributed by atoms with E-state index < -0.39 is 5.97 Å². The number of hydrogen-bond acceptors (Lipinski definition) is 3. The Morgan fingerprint density at radius 1 is 1.05 bits per heavy atom. The first kappa shape index (κ1) is 16.1. The van der Waals surface area contributed by atoms with Gasteiger partial charge in [-0.3, -0.25) is 4.79 Å². The molecule has 0 bridgehead atoms. The Hall–Kier alpha value is -2.27. The molecule has 1 atom stereocenters. The second kappa shape index (κ2) is 7.13. The molecule has 0 saturated heterocycles. The maximum Gasteiger partial charge on any atom is 0.336 e. The lowest BCUT2D eigenvalue weighted by Gasteiger charge is -2.21. The van der Waals surface area contributed by atoms with Crippen molar-refractivity contribution < 1.29 is 14.7 Å². The lowest BCUT2D eigenvalue weighted by Crippen LogP contribution is -2.33. The molecule has 114 valence electrons. The third kappa shape index (κ3) is 3.68. The lowest BCUT2D eigenvalue weighted by molar-refractivity contribution is -0.117. The van der Waals surface area contributed by atoms with Crippen molar-refractivity contribution in [1.29, 1.82) is 0 Å². The van der Waals surface area contributed by atoms with E-state index in [0.717, 1.165) is 5.69 Å². The smallest absolute Gasteiger partial charge is 0.336 e. The zero-order valence-corrected chi connectivity index (χ0v) is 13.2. The van der Waals surface area contributed by atoms with Gasteiger partial charge < -0.3 is 10.0 Å². The minimum absolute atomic E-state index is 0.0728. The van der Waals surface area contributed by atoms with Crippen LogP contribution in [-0.4, -0.2) is 29.3 Å². The van der Waals surface area contributed by atoms with E-state index in [1.165, 1.54) is 11.8 Å². The average Bonchev–Trinajstić information content (AvgIpc) is 2.54. The number of carboxylic acid groups (broad SMARTS) is 1. The van der Waals surface area contributed by atoms with Crippen molar-refractivity contribution in [2.45, 2.75) is 17.1 Å². The number of thioether (sulfide) groups is 1. The van der Waals surface area contributed by atoms with Gasteiger partial charge in [-0.05, 0) is 31.2 Å². The summed E-state index contributed by atoms with van der Waals surface area (Å²) in [4.78, 5) is 25.9. The number of anilines is 1. The van der Waals surface area contributed by atoms with E-state index in [1.54, 1.807) is 43.1 Å². The van der Waals surface area contributed by atoms with Gasteiger partial charge in [0.25, 0.3) is 0 Å². The van der Waals surface area contributed by atoms with Gasteiger partial charge in [0, 0.05) is 17.6 Å². The zero-order chi connectivity index (χ0) is 16.1. The lowest BCUT2D eigenvalue weighted by atomic mass is 10.2. The highest BCUT2D eigenvalue weighted by Gasteiger charge is 2.21. The quantitative estimate of drug-likeness (QED) is 0.858. The highest BCUT2D eigenvalue weighted by Crippen LogP contribution is 2.28. The van der Waals surface area contributed by atoms with Crippen molar-refractivity contribution in [2.75, 3.05) is 11.9 Å². The van der Waals surface area contributed by atoms with E-state index in [-0.39, 0.29) is 16.7 Å². The van der Waals surface area contributed by atoms with Crippen LogP contribution in [0.1, 0.15) is 17.3 Å². The van der Waals surface area contributed by atoms with E-state index >= 15 is 0 Å². The van der Waals surface area contributed by atoms with Crippen LogP contribution < -0.4 is 4.90 Å². The van der Waals surface area contributed by atoms with E-state index in [1.807, 2.05) is 30.3 Å². The molecule has 1 amide bonds. The molecule has 0 fully saturated rings. The maximum atomic E-state index is 12.5. The first-order valence-corrected chi connectivity index (χ1v) is 7.70. The van der Waals surface area contributed by atoms with Crippen LogP contribution in [0.15, 0.2) is 59.5 Å². The van der Waals surface area contributed by atoms with Gasteiger partial charge in [0.15, 0.2) is 0 Å². The number of carbonyl (C=O) groups is 2. The van der Waals surface area contributed by atoms with Gasteiger partial charge in [0.05, 0.1) is 10.8 Å². The number of nitrogens with zero attached hydrogens (tertiary/aromatic N) is 1. The van der Waals surface area contributed by atoms with Gasteiger partial charge >= 0.3 is 5.97 Å². The molecule has 0 saturated carbocycles. The highest BCUT2D eigenvalue weighted by atomic mass is 32.2. The Balaban J connectivity index is 2.14. The van der Waals surface area contributed by atoms with Crippen LogP contribution in [0.2, 0.25) is 0 Å². The Kier molecular flexibility index (Phi) is 5.22. The van der Waals surface area contributed by atoms with Gasteiger partial charge in [-0.15, -0.1) is 11.8 Å². The molecule has 2 aromatic rings. The number of amides is 1. The number of aromatic carboxylic acids is 1. The van der Waals surface area contributed by atoms with Gasteiger partial charge in [-0.1, -0.05) is 30.3 Å². The summed E-state index contributed by atoms with van der Waals surface area (Å²) in [5, 5.41) is 8.81. The Morgan fingerprint density at radius 3 is 2.27 bits per heavy atom. The van der Waals surface area contributed by atoms with Crippen molar-refractivity contribution in [1.82, 2.24) is 0 Å². The standard InChI is InChI=1S/C17H17NO3S/c1-12(16(19)18(2)13-8-4-3-5-9-13)22-15-11-7-6-10-14(15)17(20)21/h3-12H,1-2H3,(H,20,21). The molecule has 0 aromatic heterocycles. The van der Waals surface area contributed by atoms with Gasteiger partial charge in [-0.2, -0.15) is 0 Å². The molecule has 0 aliphatic rings. The summed E-state index contributed by atoms with van der Waals surface area (Å²) in [5.74, 6) is -1.06. The Morgan fingerprint density at radius 2 is 1.64 bits per heavy atom. The zero-order valence-electron chi connectivity index (χ0n) is 12.4. The second-order valence-electron chi connectivity index (χ2n) is 4.79. The van der Waals surface area contributed by atoms with Crippen LogP contribution in [0.25, 0.3) is 0 Å². The Bertz CT molecular complexity index is 673. The number of para-hydroxylation sites is 1. The second-order valence-corrected chi connectivity index (χ2v) is 6.18. The summed E-state index contributed by atoms with van der Waals surface area (Å²) >= 11 is 1.26. The topological polar surface area (TPSA) is 57.6 Å². The molecule has 0 radical (unpaired) electrons. The van der Waals surface area contributed by atoms with Crippen LogP contribution in [0.5, 0.6) is 0 Å². The van der Waals surface area contributed by atoms with Crippen LogP contribution in [0.3, 0.4) is 0 Å². The number of hydrogen-bond donors (Lipinski definition) is 1. The van der Waals surface area contributed by atoms with Gasteiger partial charge in [0.2, 0.25) is 5.91 Å². The summed E-state index contributed by atoms with van der Waals surface area (Å²) in [7, 11) is 1.72. The van der Waals surface area contributed by atoms with Crippen LogP contribution >= 0.6 is 11.8 Å². The third-order valence-corrected chi connectivity index (χ3v) is 4.41. The largest absolute Gasteiger partial charge is 0.478 e. The van der Waals surface area contributed by atoms with Crippen LogP contribution in [0.4, 0.5) is 5.69 Å². The molecule has 1 unspecified atom stereocenters. The molecule has 2 aromatic carbocycles. The summed E-state index contributed by atoms with van der Waals surface area (Å²) < 4.78 is 0. The fourth-order valence-electron chi connectivity index (χ4n) is 2.04. The molecule has 0 heterocycles. The summed E-state index contributed by atoms with van der Waals surface area (Å²) in [5.41, 5.74) is 1.03. The predicted molar refractivity (Wildman–Crippen MR) is 88.6 cm³/mol. The van der Waals surface area contributed by atoms with E-state index in [0.29, 0.717) is 4.90 Å². The van der Waals surface area contributed by atoms with Gasteiger partial charge in [0.1, 0.15) is 0 Å². The monoisotopic (exact) mass is 315 g/mol. The Labute approximate surface area is 133 Å². The molecule has 0 aliphatic carbocycles. The molecule has 1 N–H and O–H groups in total. The molecular weight excluding hydrogens is 298 g/mol. The summed E-state index contributed by atoms with van der Waals surface area (Å²) in [6, 6.07) is 16.1. The van der Waals surface area contributed by atoms with Gasteiger partial charge in [-0.25, -0.2) is 4.79 Å². The summed E-state index contributed by atoms with van der Waals surface area (Å²) in [6.07, 6.45) is 0. The SMILES string of the molecule is CC(Sc1ccccc1C(=O)O)C(=O)N(C)c1ccccc1. The number of carbonyl (C=O) groups excluding carboxylic acids is 1. The molecule has 5 heteroatoms. The minimum atomic E-state index is -0.987. The summed E-state index contributed by atoms with van der Waals surface area (Å²) in [6.45, 7) is 1.78. The van der Waals surface area contributed by atoms with Crippen LogP contribution in [-0.2, 0) is 4.79 Å². The first-order valence-electron chi connectivity index (χ1n) is 6.82. The first-order chi connectivity index (χ1) is 10.5. The van der Waals surface area contributed by atoms with E-state index in [9.17, 15) is 14.7 Å². The third-order valence-electron chi connectivity index (χ3n) is 3.24. The highest BCUT2D eigenvalue weighted by molar-refractivity contribution is 8.00. The molecule has 0 aliphatic heterocycles. The molecular formula is C17H17NO3S. The fraction of sp³-hybridized carbons (Fsp3) is 0.176. The average molecular weight is 315 g/mol. The van der Waals surface area contributed by atoms with Crippen molar-refractivity contribution in [3.8, 4) is 0 Å². The normalized spacial score (nSPS) is 11.7. The van der Waals surface area contributed by atoms with Crippen molar-refractivity contribution in [3.05, 3.63) is 60.2 Å². The fourth-order valence-corrected chi connectivity index (χ4v) is 3.12.